The first-order valence-electron chi connectivity index (χ1n) is 7.35. The molecule has 0 saturated carbocycles. The van der Waals surface area contributed by atoms with Crippen molar-refractivity contribution in [3.63, 3.8) is 0 Å². The third-order valence-electron chi connectivity index (χ3n) is 3.54. The van der Waals surface area contributed by atoms with Crippen LogP contribution >= 0.6 is 11.6 Å². The van der Waals surface area contributed by atoms with E-state index in [1.54, 1.807) is 14.2 Å². The number of para-hydroxylation sites is 1. The third-order valence-corrected chi connectivity index (χ3v) is 3.91. The second kappa shape index (κ2) is 8.44. The Morgan fingerprint density at radius 3 is 2.48 bits per heavy atom. The Bertz CT molecular complexity index is 673. The summed E-state index contributed by atoms with van der Waals surface area (Å²) in [6.07, 6.45) is 0.997. The Morgan fingerprint density at radius 2 is 1.78 bits per heavy atom. The van der Waals surface area contributed by atoms with Crippen LogP contribution in [-0.2, 0) is 17.8 Å². The fourth-order valence-electron chi connectivity index (χ4n) is 2.32. The molecule has 0 unspecified atom stereocenters. The van der Waals surface area contributed by atoms with Crippen molar-refractivity contribution in [1.29, 1.82) is 0 Å². The number of carbonyl (C=O) groups excluding carboxylic acids is 1. The van der Waals surface area contributed by atoms with E-state index in [1.165, 1.54) is 0 Å². The summed E-state index contributed by atoms with van der Waals surface area (Å²) in [5.41, 5.74) is 1.85. The monoisotopic (exact) mass is 333 g/mol. The number of methoxy groups -OCH3 is 2. The summed E-state index contributed by atoms with van der Waals surface area (Å²) in [6.45, 7) is 0.391. The van der Waals surface area contributed by atoms with Crippen molar-refractivity contribution in [2.75, 3.05) is 14.2 Å². The van der Waals surface area contributed by atoms with Gasteiger partial charge in [0.2, 0.25) is 5.91 Å². The van der Waals surface area contributed by atoms with Gasteiger partial charge >= 0.3 is 0 Å². The maximum atomic E-state index is 12.0. The number of rotatable bonds is 7. The van der Waals surface area contributed by atoms with E-state index in [-0.39, 0.29) is 5.91 Å². The Hall–Kier alpha value is -2.20. The topological polar surface area (TPSA) is 47.6 Å². The molecule has 0 heterocycles. The second-order valence-corrected chi connectivity index (χ2v) is 5.43. The predicted molar refractivity (Wildman–Crippen MR) is 91.2 cm³/mol. The van der Waals surface area contributed by atoms with E-state index in [0.717, 1.165) is 11.1 Å². The minimum atomic E-state index is -0.0326. The molecule has 0 spiro atoms. The molecule has 2 aromatic carbocycles. The molecule has 0 atom stereocenters. The van der Waals surface area contributed by atoms with Gasteiger partial charge in [-0.3, -0.25) is 4.79 Å². The highest BCUT2D eigenvalue weighted by atomic mass is 35.5. The SMILES string of the molecule is COc1cccc(CNC(=O)CCc2ccccc2Cl)c1OC. The highest BCUT2D eigenvalue weighted by molar-refractivity contribution is 6.31. The van der Waals surface area contributed by atoms with Crippen LogP contribution in [0.4, 0.5) is 0 Å². The molecule has 0 fully saturated rings. The minimum absolute atomic E-state index is 0.0326. The van der Waals surface area contributed by atoms with E-state index in [0.29, 0.717) is 35.9 Å². The Kier molecular flexibility index (Phi) is 6.29. The molecular formula is C18H20ClNO3. The number of benzene rings is 2. The molecular weight excluding hydrogens is 314 g/mol. The molecule has 0 saturated heterocycles. The highest BCUT2D eigenvalue weighted by Gasteiger charge is 2.11. The lowest BCUT2D eigenvalue weighted by atomic mass is 10.1. The quantitative estimate of drug-likeness (QED) is 0.842. The molecule has 0 aliphatic heterocycles. The molecule has 2 aromatic rings. The second-order valence-electron chi connectivity index (χ2n) is 5.02. The van der Waals surface area contributed by atoms with Gasteiger partial charge in [-0.2, -0.15) is 0 Å². The average Bonchev–Trinajstić information content (AvgIpc) is 2.58. The number of hydrogen-bond donors (Lipinski definition) is 1. The molecule has 0 aliphatic rings. The number of hydrogen-bond acceptors (Lipinski definition) is 3. The van der Waals surface area contributed by atoms with Gasteiger partial charge in [0.1, 0.15) is 0 Å². The van der Waals surface area contributed by atoms with Gasteiger partial charge in [0.05, 0.1) is 14.2 Å². The molecule has 0 radical (unpaired) electrons. The number of halogens is 1. The largest absolute Gasteiger partial charge is 0.493 e. The third kappa shape index (κ3) is 4.63. The Balaban J connectivity index is 1.91. The lowest BCUT2D eigenvalue weighted by Crippen LogP contribution is -2.23. The van der Waals surface area contributed by atoms with Crippen molar-refractivity contribution >= 4 is 17.5 Å². The standard InChI is InChI=1S/C18H20ClNO3/c1-22-16-9-5-7-14(18(16)23-2)12-20-17(21)11-10-13-6-3-4-8-15(13)19/h3-9H,10-12H2,1-2H3,(H,20,21). The molecule has 1 N–H and O–H groups in total. The zero-order valence-electron chi connectivity index (χ0n) is 13.3. The molecule has 2 rings (SSSR count). The fourth-order valence-corrected chi connectivity index (χ4v) is 2.55. The number of nitrogens with one attached hydrogen (secondary N) is 1. The van der Waals surface area contributed by atoms with Crippen molar-refractivity contribution in [2.24, 2.45) is 0 Å². The first-order chi connectivity index (χ1) is 11.2. The first kappa shape index (κ1) is 17.2. The van der Waals surface area contributed by atoms with E-state index < -0.39 is 0 Å². The molecule has 0 bridgehead atoms. The highest BCUT2D eigenvalue weighted by Crippen LogP contribution is 2.30. The summed E-state index contributed by atoms with van der Waals surface area (Å²) < 4.78 is 10.6. The molecule has 0 aromatic heterocycles. The van der Waals surface area contributed by atoms with E-state index in [9.17, 15) is 4.79 Å². The molecule has 122 valence electrons. The van der Waals surface area contributed by atoms with Gasteiger partial charge in [-0.15, -0.1) is 0 Å². The van der Waals surface area contributed by atoms with Crippen LogP contribution < -0.4 is 14.8 Å². The summed E-state index contributed by atoms with van der Waals surface area (Å²) >= 11 is 6.09. The van der Waals surface area contributed by atoms with Gasteiger partial charge in [0.15, 0.2) is 11.5 Å². The fraction of sp³-hybridized carbons (Fsp3) is 0.278. The van der Waals surface area contributed by atoms with Crippen LogP contribution in [0, 0.1) is 0 Å². The summed E-state index contributed by atoms with van der Waals surface area (Å²) in [5.74, 6) is 1.26. The van der Waals surface area contributed by atoms with E-state index in [2.05, 4.69) is 5.32 Å². The van der Waals surface area contributed by atoms with Gasteiger partial charge in [0, 0.05) is 23.6 Å². The van der Waals surface area contributed by atoms with Crippen LogP contribution in [0.15, 0.2) is 42.5 Å². The number of ether oxygens (including phenoxy) is 2. The van der Waals surface area contributed by atoms with Crippen molar-refractivity contribution in [3.8, 4) is 11.5 Å². The molecule has 23 heavy (non-hydrogen) atoms. The maximum Gasteiger partial charge on any atom is 0.220 e. The van der Waals surface area contributed by atoms with Crippen LogP contribution in [0.5, 0.6) is 11.5 Å². The molecule has 1 amide bonds. The number of carbonyl (C=O) groups is 1. The van der Waals surface area contributed by atoms with Crippen molar-refractivity contribution in [3.05, 3.63) is 58.6 Å². The van der Waals surface area contributed by atoms with Crippen LogP contribution in [0.3, 0.4) is 0 Å². The molecule has 0 aliphatic carbocycles. The Morgan fingerprint density at radius 1 is 1.04 bits per heavy atom. The lowest BCUT2D eigenvalue weighted by Gasteiger charge is -2.13. The van der Waals surface area contributed by atoms with E-state index in [4.69, 9.17) is 21.1 Å². The minimum Gasteiger partial charge on any atom is -0.493 e. The van der Waals surface area contributed by atoms with Crippen molar-refractivity contribution < 1.29 is 14.3 Å². The van der Waals surface area contributed by atoms with Crippen molar-refractivity contribution in [2.45, 2.75) is 19.4 Å². The number of amides is 1. The average molecular weight is 334 g/mol. The lowest BCUT2D eigenvalue weighted by molar-refractivity contribution is -0.121. The van der Waals surface area contributed by atoms with Crippen molar-refractivity contribution in [1.82, 2.24) is 5.32 Å². The van der Waals surface area contributed by atoms with Gasteiger partial charge in [-0.25, -0.2) is 0 Å². The zero-order chi connectivity index (χ0) is 16.7. The van der Waals surface area contributed by atoms with Gasteiger partial charge in [-0.1, -0.05) is 41.9 Å². The van der Waals surface area contributed by atoms with Crippen LogP contribution in [0.2, 0.25) is 5.02 Å². The normalized spacial score (nSPS) is 10.2. The van der Waals surface area contributed by atoms with Gasteiger partial charge < -0.3 is 14.8 Å². The van der Waals surface area contributed by atoms with E-state index >= 15 is 0 Å². The smallest absolute Gasteiger partial charge is 0.220 e. The summed E-state index contributed by atoms with van der Waals surface area (Å²) in [7, 11) is 3.17. The molecule has 4 nitrogen and oxygen atoms in total. The predicted octanol–water partition coefficient (Wildman–Crippen LogP) is 3.61. The van der Waals surface area contributed by atoms with Crippen LogP contribution in [0.1, 0.15) is 17.5 Å². The van der Waals surface area contributed by atoms with Crippen LogP contribution in [0.25, 0.3) is 0 Å². The summed E-state index contributed by atoms with van der Waals surface area (Å²) in [6, 6.07) is 13.1. The van der Waals surface area contributed by atoms with E-state index in [1.807, 2.05) is 42.5 Å². The number of aryl methyl sites for hydroxylation is 1. The van der Waals surface area contributed by atoms with Crippen LogP contribution in [-0.4, -0.2) is 20.1 Å². The van der Waals surface area contributed by atoms with Gasteiger partial charge in [-0.05, 0) is 24.1 Å². The Labute approximate surface area is 141 Å². The molecule has 5 heteroatoms. The summed E-state index contributed by atoms with van der Waals surface area (Å²) in [5, 5.41) is 3.59. The first-order valence-corrected chi connectivity index (χ1v) is 7.73. The maximum absolute atomic E-state index is 12.0. The van der Waals surface area contributed by atoms with Gasteiger partial charge in [0.25, 0.3) is 0 Å². The zero-order valence-corrected chi connectivity index (χ0v) is 14.0. The summed E-state index contributed by atoms with van der Waals surface area (Å²) in [4.78, 5) is 12.0.